The van der Waals surface area contributed by atoms with Crippen molar-refractivity contribution in [2.75, 3.05) is 0 Å². The lowest BCUT2D eigenvalue weighted by molar-refractivity contribution is 1.05. The van der Waals surface area contributed by atoms with E-state index in [0.717, 1.165) is 90.5 Å². The number of rotatable bonds is 0. The molecule has 60 heavy (non-hydrogen) atoms. The number of aromatic amines is 6. The SMILES string of the molecule is Cc1nc2ccccc2[nH]1.Cc1nc2ccncc2[nH]1.Cc1nc2ncccc2[nH]1.Cc1nc2nccnc2[nH]1.Cc1nc2ncncc2[nH]1.Cc1nc2nnccc2[nH]1. The molecule has 0 saturated carbocycles. The van der Waals surface area contributed by atoms with Crippen molar-refractivity contribution >= 4 is 66.9 Å². The summed E-state index contributed by atoms with van der Waals surface area (Å²) in [6.45, 7) is 11.5. The molecule has 0 fully saturated rings. The predicted octanol–water partition coefficient (Wildman–Crippen LogP) is 6.39. The van der Waals surface area contributed by atoms with Gasteiger partial charge < -0.3 is 29.9 Å². The summed E-state index contributed by atoms with van der Waals surface area (Å²) in [5, 5.41) is 7.50. The Morgan fingerprint density at radius 3 is 1.62 bits per heavy atom. The largest absolute Gasteiger partial charge is 0.342 e. The van der Waals surface area contributed by atoms with Crippen molar-refractivity contribution in [1.29, 1.82) is 0 Å². The number of H-pyrrole nitrogens is 6. The van der Waals surface area contributed by atoms with Crippen molar-refractivity contribution in [3.8, 4) is 0 Å². The lowest BCUT2D eigenvalue weighted by Crippen LogP contribution is -1.78. The Balaban J connectivity index is 0.000000109. The maximum atomic E-state index is 4.26. The Kier molecular flexibility index (Phi) is 12.4. The van der Waals surface area contributed by atoms with E-state index in [1.165, 1.54) is 6.33 Å². The second kappa shape index (κ2) is 18.7. The first kappa shape index (κ1) is 39.8. The number of hydrogen-bond acceptors (Lipinski definition) is 14. The van der Waals surface area contributed by atoms with E-state index >= 15 is 0 Å². The van der Waals surface area contributed by atoms with Crippen LogP contribution in [0.5, 0.6) is 0 Å². The van der Waals surface area contributed by atoms with Crippen LogP contribution >= 0.6 is 0 Å². The van der Waals surface area contributed by atoms with Gasteiger partial charge in [-0.3, -0.25) is 4.98 Å². The van der Waals surface area contributed by atoms with Crippen molar-refractivity contribution < 1.29 is 0 Å². The van der Waals surface area contributed by atoms with Gasteiger partial charge in [-0.25, -0.2) is 54.8 Å². The number of benzene rings is 1. The van der Waals surface area contributed by atoms with Gasteiger partial charge in [0.05, 0.1) is 51.7 Å². The molecule has 0 atom stereocenters. The maximum Gasteiger partial charge on any atom is 0.199 e. The Hall–Kier alpha value is -8.42. The van der Waals surface area contributed by atoms with Crippen molar-refractivity contribution in [2.45, 2.75) is 41.5 Å². The van der Waals surface area contributed by atoms with Crippen LogP contribution in [-0.4, -0.2) is 99.9 Å². The van der Waals surface area contributed by atoms with Gasteiger partial charge in [0.25, 0.3) is 0 Å². The van der Waals surface area contributed by atoms with Crippen molar-refractivity contribution in [2.24, 2.45) is 0 Å². The van der Waals surface area contributed by atoms with Crippen LogP contribution in [0, 0.1) is 41.5 Å². The zero-order chi connectivity index (χ0) is 41.8. The third-order valence-corrected chi connectivity index (χ3v) is 8.11. The topological polar surface area (TPSA) is 275 Å². The number of pyridine rings is 2. The van der Waals surface area contributed by atoms with Gasteiger partial charge in [-0.1, -0.05) is 12.1 Å². The highest BCUT2D eigenvalue weighted by molar-refractivity contribution is 5.75. The second-order valence-electron chi connectivity index (χ2n) is 13.0. The maximum absolute atomic E-state index is 4.26. The molecule has 1 aromatic carbocycles. The number of imidazole rings is 6. The summed E-state index contributed by atoms with van der Waals surface area (Å²) in [6, 6.07) is 15.6. The van der Waals surface area contributed by atoms with Gasteiger partial charge in [0.15, 0.2) is 28.2 Å². The Bertz CT molecular complexity index is 2460. The molecule has 12 aromatic rings. The van der Waals surface area contributed by atoms with Gasteiger partial charge in [0.2, 0.25) is 0 Å². The summed E-state index contributed by atoms with van der Waals surface area (Å²) < 4.78 is 0. The van der Waals surface area contributed by atoms with Crippen LogP contribution in [0.15, 0.2) is 98.2 Å². The molecule has 0 spiro atoms. The summed E-state index contributed by atoms with van der Waals surface area (Å²) in [5.41, 5.74) is 10.6. The van der Waals surface area contributed by atoms with Crippen LogP contribution in [0.3, 0.4) is 0 Å². The zero-order valence-electron chi connectivity index (χ0n) is 33.5. The molecule has 0 amide bonds. The highest BCUT2D eigenvalue weighted by Gasteiger charge is 2.00. The quantitative estimate of drug-likeness (QED) is 0.0970. The highest BCUT2D eigenvalue weighted by atomic mass is 15.1. The summed E-state index contributed by atoms with van der Waals surface area (Å²) in [5.74, 6) is 5.41. The molecule has 12 rings (SSSR count). The molecule has 20 heteroatoms. The Morgan fingerprint density at radius 1 is 0.367 bits per heavy atom. The summed E-state index contributed by atoms with van der Waals surface area (Å²) in [7, 11) is 0. The molecule has 0 bridgehead atoms. The first-order chi connectivity index (χ1) is 29.2. The monoisotopic (exact) mass is 800 g/mol. The van der Waals surface area contributed by atoms with Crippen molar-refractivity contribution in [3.63, 3.8) is 0 Å². The van der Waals surface area contributed by atoms with E-state index in [2.05, 4.69) is 99.9 Å². The smallest absolute Gasteiger partial charge is 0.199 e. The molecule has 11 heterocycles. The van der Waals surface area contributed by atoms with Crippen LogP contribution in [-0.2, 0) is 0 Å². The van der Waals surface area contributed by atoms with Gasteiger partial charge in [-0.15, -0.1) is 5.10 Å². The molecule has 0 aliphatic carbocycles. The van der Waals surface area contributed by atoms with Crippen molar-refractivity contribution in [1.82, 2.24) is 99.9 Å². The average Bonchev–Trinajstić information content (AvgIpc) is 4.10. The lowest BCUT2D eigenvalue weighted by Gasteiger charge is -1.81. The zero-order valence-corrected chi connectivity index (χ0v) is 33.5. The Morgan fingerprint density at radius 2 is 0.917 bits per heavy atom. The molecule has 6 N–H and O–H groups in total. The van der Waals surface area contributed by atoms with Gasteiger partial charge in [-0.05, 0) is 77.9 Å². The third-order valence-electron chi connectivity index (χ3n) is 8.11. The standard InChI is InChI=1S/C8H8N2.2C7H7N3.3C6H6N4/c1-6-9-7-4-2-3-5-8(7)10-6;1-5-9-6-2-3-8-4-7(6)10-5;1-5-9-6-3-2-4-8-7(6)10-5;1-4-9-5-2-7-3-8-6(5)10-4;1-4-9-5-6(10-4)8-3-2-7-5;1-4-8-5-2-3-7-10-6(5)9-4/h2-5H,1H3,(H,9,10);2-4H,1H3,(H,9,10);2-4H,1H3,(H,8,9,10);2*2-3H,1H3,(H,7,8,9,10);2-3H,1H3,(H,8,9,10). The van der Waals surface area contributed by atoms with Crippen LogP contribution in [0.1, 0.15) is 34.9 Å². The molecule has 300 valence electrons. The highest BCUT2D eigenvalue weighted by Crippen LogP contribution is 2.10. The number of aromatic nitrogens is 20. The molecule has 0 saturated heterocycles. The predicted molar refractivity (Wildman–Crippen MR) is 227 cm³/mol. The molecular weight excluding hydrogens is 761 g/mol. The number of aryl methyl sites for hydroxylation is 6. The normalized spacial score (nSPS) is 10.5. The van der Waals surface area contributed by atoms with E-state index in [1.807, 2.05) is 90.1 Å². The fourth-order valence-electron chi connectivity index (χ4n) is 5.66. The average molecular weight is 801 g/mol. The molecule has 11 aromatic heterocycles. The molecule has 0 aliphatic heterocycles. The van der Waals surface area contributed by atoms with Crippen LogP contribution < -0.4 is 0 Å². The fourth-order valence-corrected chi connectivity index (χ4v) is 5.66. The second-order valence-corrected chi connectivity index (χ2v) is 13.0. The first-order valence-electron chi connectivity index (χ1n) is 18.5. The lowest BCUT2D eigenvalue weighted by atomic mass is 10.3. The molecule has 20 nitrogen and oxygen atoms in total. The number of fused-ring (bicyclic) bond motifs is 6. The summed E-state index contributed by atoms with van der Waals surface area (Å²) >= 11 is 0. The van der Waals surface area contributed by atoms with Gasteiger partial charge >= 0.3 is 0 Å². The van der Waals surface area contributed by atoms with Crippen LogP contribution in [0.4, 0.5) is 0 Å². The summed E-state index contributed by atoms with van der Waals surface area (Å²) in [6.07, 6.45) is 13.4. The first-order valence-corrected chi connectivity index (χ1v) is 18.5. The number of nitrogens with zero attached hydrogens (tertiary/aromatic N) is 14. The van der Waals surface area contributed by atoms with E-state index in [1.54, 1.807) is 43.4 Å². The number of hydrogen-bond donors (Lipinski definition) is 6. The van der Waals surface area contributed by atoms with E-state index in [9.17, 15) is 0 Å². The van der Waals surface area contributed by atoms with E-state index in [0.29, 0.717) is 11.3 Å². The minimum atomic E-state index is 0.681. The molecular formula is C40H40N20. The van der Waals surface area contributed by atoms with E-state index in [4.69, 9.17) is 0 Å². The molecule has 0 aliphatic rings. The molecule has 0 radical (unpaired) electrons. The van der Waals surface area contributed by atoms with Crippen LogP contribution in [0.25, 0.3) is 66.9 Å². The Labute approximate surface area is 340 Å². The van der Waals surface area contributed by atoms with E-state index < -0.39 is 0 Å². The molecule has 0 unspecified atom stereocenters. The fraction of sp³-hybridized carbons (Fsp3) is 0.150. The van der Waals surface area contributed by atoms with Gasteiger partial charge in [0, 0.05) is 24.8 Å². The van der Waals surface area contributed by atoms with E-state index in [-0.39, 0.29) is 0 Å². The van der Waals surface area contributed by atoms with Gasteiger partial charge in [0.1, 0.15) is 46.8 Å². The minimum absolute atomic E-state index is 0.681. The van der Waals surface area contributed by atoms with Gasteiger partial charge in [-0.2, -0.15) is 5.10 Å². The third kappa shape index (κ3) is 10.5. The minimum Gasteiger partial charge on any atom is -0.342 e. The number of para-hydroxylation sites is 2. The van der Waals surface area contributed by atoms with Crippen LogP contribution in [0.2, 0.25) is 0 Å². The summed E-state index contributed by atoms with van der Waals surface area (Å²) in [4.78, 5) is 67.1. The van der Waals surface area contributed by atoms with Crippen molar-refractivity contribution in [3.05, 3.63) is 133 Å². The number of nitrogens with one attached hydrogen (secondary N) is 6.